The van der Waals surface area contributed by atoms with Crippen LogP contribution in [0.5, 0.6) is 0 Å². The number of hydrogen-bond acceptors (Lipinski definition) is 36. The fourth-order valence-corrected chi connectivity index (χ4v) is 11.0. The van der Waals surface area contributed by atoms with Crippen LogP contribution in [0.4, 0.5) is 0 Å². The van der Waals surface area contributed by atoms with Crippen LogP contribution >= 0.6 is 0 Å². The van der Waals surface area contributed by atoms with Gasteiger partial charge >= 0.3 is 0 Å². The van der Waals surface area contributed by atoms with E-state index in [1.165, 1.54) is 6.92 Å². The van der Waals surface area contributed by atoms with Crippen LogP contribution in [-0.2, 0) is 71.1 Å². The number of carbonyl (C=O) groups is 1. The first-order chi connectivity index (χ1) is 39.5. The molecule has 0 unspecified atom stereocenters. The van der Waals surface area contributed by atoms with Gasteiger partial charge in [0, 0.05) is 26.6 Å². The van der Waals surface area contributed by atoms with E-state index in [0.29, 0.717) is 0 Å². The third-order valence-electron chi connectivity index (χ3n) is 15.6. The molecule has 0 aliphatic carbocycles. The molecule has 21 saturated heterocycles. The van der Waals surface area contributed by atoms with Gasteiger partial charge in [-0.05, 0) is 0 Å². The molecule has 14 bridgehead atoms. The van der Waals surface area contributed by atoms with Crippen molar-refractivity contribution in [1.29, 1.82) is 0 Å². The van der Waals surface area contributed by atoms with Crippen LogP contribution in [0.3, 0.4) is 0 Å². The Balaban J connectivity index is 1.09. The second-order valence-electron chi connectivity index (χ2n) is 21.2. The van der Waals surface area contributed by atoms with Crippen molar-refractivity contribution in [3.63, 3.8) is 0 Å². The second kappa shape index (κ2) is 29.1. The van der Waals surface area contributed by atoms with E-state index in [1.807, 2.05) is 0 Å². The van der Waals surface area contributed by atoms with Crippen molar-refractivity contribution in [2.45, 2.75) is 222 Å². The first kappa shape index (κ1) is 67.0. The molecular weight excluding hydrogens is 1140 g/mol. The molecule has 0 aromatic carbocycles. The lowest BCUT2D eigenvalue weighted by atomic mass is 9.95. The van der Waals surface area contributed by atoms with Gasteiger partial charge in [-0.1, -0.05) is 0 Å². The quantitative estimate of drug-likeness (QED) is 0.0854. The number of ether oxygens (including phenoxy) is 14. The summed E-state index contributed by atoms with van der Waals surface area (Å²) in [6.07, 6.45) is -69.9. The Morgan fingerprint density at radius 1 is 0.277 bits per heavy atom. The van der Waals surface area contributed by atoms with E-state index in [9.17, 15) is 107 Å². The van der Waals surface area contributed by atoms with E-state index in [-0.39, 0.29) is 25.5 Å². The summed E-state index contributed by atoms with van der Waals surface area (Å²) in [6.45, 7) is -5.27. The Hall–Kier alpha value is -1.93. The third-order valence-corrected chi connectivity index (χ3v) is 15.6. The van der Waals surface area contributed by atoms with Gasteiger partial charge in [0.1, 0.15) is 171 Å². The normalized spacial score (nSPS) is 52.1. The van der Waals surface area contributed by atoms with Crippen molar-refractivity contribution in [2.75, 3.05) is 59.3 Å². The smallest absolute Gasteiger partial charge is 0.216 e. The summed E-state index contributed by atoms with van der Waals surface area (Å²) in [7, 11) is 0. The number of aliphatic hydroxyl groups is 20. The Labute approximate surface area is 470 Å². The topological polar surface area (TPSA) is 575 Å². The zero-order valence-electron chi connectivity index (χ0n) is 44.1. The SMILES string of the molecule is CC(=O)NCCNC[C@@H]1O[C@@H]2O[C@H]3[C@H](O)[C@H](O)[C@@H](O[C@H]4[C@@H](O)[C@H](O)[C@@H](O[C@H]5[C@H](O)[C@@H](O)[C@@H](O[C@H]6[C@H](O)[C@@H](O)[C@@H](O[C@H]7[C@H](O)[C@@H](O)[C@@H](O[C@H]8[C@H](O)[C@@H](O)[C@@H](O[C@H]1[C@H](O)[C@H]2O)O[C@H]8CO)O[C@H]7CO)O[C@H]6CO)O[C@@H]5CO)O[C@@H]4CO)O[C@@H]3CO. The first-order valence-electron chi connectivity index (χ1n) is 26.8. The zero-order chi connectivity index (χ0) is 60.5. The molecule has 21 heterocycles. The third kappa shape index (κ3) is 14.1. The molecule has 22 N–H and O–H groups in total. The van der Waals surface area contributed by atoms with E-state index in [2.05, 4.69) is 10.6 Å². The van der Waals surface area contributed by atoms with Gasteiger partial charge in [0.25, 0.3) is 0 Å². The van der Waals surface area contributed by atoms with E-state index < -0.39 is 255 Å². The van der Waals surface area contributed by atoms with Gasteiger partial charge in [0.2, 0.25) is 5.91 Å². The molecular formula is C46H78N2O35. The highest BCUT2D eigenvalue weighted by Gasteiger charge is 2.59. The number of carbonyl (C=O) groups excluding carboxylic acids is 1. The van der Waals surface area contributed by atoms with Crippen molar-refractivity contribution < 1.29 is 173 Å². The molecule has 0 saturated carbocycles. The van der Waals surface area contributed by atoms with E-state index in [4.69, 9.17) is 66.3 Å². The summed E-state index contributed by atoms with van der Waals surface area (Å²) in [4.78, 5) is 11.5. The minimum Gasteiger partial charge on any atom is -0.394 e. The molecule has 0 spiro atoms. The lowest BCUT2D eigenvalue weighted by Crippen LogP contribution is -2.68. The van der Waals surface area contributed by atoms with Gasteiger partial charge in [-0.3, -0.25) is 4.79 Å². The van der Waals surface area contributed by atoms with Crippen LogP contribution in [0.2, 0.25) is 0 Å². The average Bonchev–Trinajstić information content (AvgIpc) is 3.18. The Morgan fingerprint density at radius 2 is 0.458 bits per heavy atom. The van der Waals surface area contributed by atoms with Gasteiger partial charge in [-0.15, -0.1) is 0 Å². The lowest BCUT2D eigenvalue weighted by Gasteiger charge is -2.50. The maximum absolute atomic E-state index is 11.7. The first-order valence-corrected chi connectivity index (χ1v) is 26.8. The van der Waals surface area contributed by atoms with Crippen LogP contribution < -0.4 is 10.6 Å². The van der Waals surface area contributed by atoms with Gasteiger partial charge in [0.05, 0.1) is 39.6 Å². The monoisotopic (exact) mass is 1220 g/mol. The van der Waals surface area contributed by atoms with E-state index in [0.717, 1.165) is 0 Å². The average molecular weight is 1220 g/mol. The summed E-state index contributed by atoms with van der Waals surface area (Å²) in [5.74, 6) is -0.387. The highest BCUT2D eigenvalue weighted by Crippen LogP contribution is 2.39. The molecule has 0 radical (unpaired) electrons. The van der Waals surface area contributed by atoms with Gasteiger partial charge in [0.15, 0.2) is 44.0 Å². The maximum Gasteiger partial charge on any atom is 0.216 e. The Bertz CT molecular complexity index is 2000. The van der Waals surface area contributed by atoms with E-state index in [1.54, 1.807) is 0 Å². The highest BCUT2D eigenvalue weighted by molar-refractivity contribution is 5.72. The fourth-order valence-electron chi connectivity index (χ4n) is 11.0. The summed E-state index contributed by atoms with van der Waals surface area (Å²) in [5.41, 5.74) is 0. The minimum atomic E-state index is -2.21. The fraction of sp³-hybridized carbons (Fsp3) is 0.978. The largest absolute Gasteiger partial charge is 0.394 e. The van der Waals surface area contributed by atoms with Crippen molar-refractivity contribution in [1.82, 2.24) is 10.6 Å². The standard InChI is InChI=1S/C46H78N2O35/c1-11(55)48-3-2-47-4-12-33-19(56)26(63)40(70-12)78-34-13(5-49)72-42(28(65)21(34)58)80-36-15(7-51)74-44(30(67)23(36)60)82-38-17(9-53)76-46(32(69)25(38)62)83-39-18(10-54)75-45(31(68)24(39)61)81-37-16(8-52)73-43(29(66)22(37)59)79-35-14(6-50)71-41(77-33)27(64)20(35)57/h12-47,49-54,56-69H,2-10H2,1H3,(H,48,55)/t12-,13+,14-,15+,16-,17+,18-,19+,20+,21+,22+,23-,24+,25+,26+,27+,28-,29+,30-,31+,32+,33+,34+,35+,36+,37+,38+,39+,40+,41+,42+,43+,44+,45+,46+/m0/s1. The minimum absolute atomic E-state index is 0.0433. The number of rotatable bonds is 11. The van der Waals surface area contributed by atoms with Crippen LogP contribution in [-0.4, -0.2) is 382 Å². The van der Waals surface area contributed by atoms with Crippen LogP contribution in [0.25, 0.3) is 0 Å². The summed E-state index contributed by atoms with van der Waals surface area (Å²) >= 11 is 0. The molecule has 0 aromatic rings. The number of aliphatic hydroxyl groups excluding tert-OH is 20. The number of hydrogen-bond donors (Lipinski definition) is 22. The molecule has 37 heteroatoms. The van der Waals surface area contributed by atoms with Crippen molar-refractivity contribution in [3.8, 4) is 0 Å². The van der Waals surface area contributed by atoms with Gasteiger partial charge < -0.3 is 179 Å². The van der Waals surface area contributed by atoms with Crippen molar-refractivity contribution in [2.24, 2.45) is 0 Å². The molecule has 1 amide bonds. The molecule has 35 atom stereocenters. The van der Waals surface area contributed by atoms with Gasteiger partial charge in [-0.2, -0.15) is 0 Å². The molecule has 21 aliphatic heterocycles. The summed E-state index contributed by atoms with van der Waals surface area (Å²) in [6, 6.07) is 0. The Morgan fingerprint density at radius 3 is 0.639 bits per heavy atom. The maximum atomic E-state index is 11.7. The molecule has 37 nitrogen and oxygen atoms in total. The number of amides is 1. The van der Waals surface area contributed by atoms with E-state index >= 15 is 0 Å². The zero-order valence-corrected chi connectivity index (χ0v) is 44.1. The lowest BCUT2D eigenvalue weighted by molar-refractivity contribution is -0.396. The van der Waals surface area contributed by atoms with Crippen molar-refractivity contribution >= 4 is 5.91 Å². The molecule has 21 aliphatic rings. The predicted octanol–water partition coefficient (Wildman–Crippen LogP) is -15.5. The molecule has 0 aromatic heterocycles. The second-order valence-corrected chi connectivity index (χ2v) is 21.2. The van der Waals surface area contributed by atoms with Crippen LogP contribution in [0.1, 0.15) is 6.92 Å². The van der Waals surface area contributed by atoms with Gasteiger partial charge in [-0.25, -0.2) is 0 Å². The predicted molar refractivity (Wildman–Crippen MR) is 253 cm³/mol. The van der Waals surface area contributed by atoms with Crippen LogP contribution in [0, 0.1) is 0 Å². The van der Waals surface area contributed by atoms with Crippen molar-refractivity contribution in [3.05, 3.63) is 0 Å². The molecule has 482 valence electrons. The van der Waals surface area contributed by atoms with Crippen LogP contribution in [0.15, 0.2) is 0 Å². The summed E-state index contributed by atoms with van der Waals surface area (Å²) in [5, 5.41) is 228. The highest BCUT2D eigenvalue weighted by atomic mass is 16.8. The molecule has 21 fully saturated rings. The molecule has 83 heavy (non-hydrogen) atoms. The summed E-state index contributed by atoms with van der Waals surface area (Å²) < 4.78 is 80.9. The Kier molecular flexibility index (Phi) is 23.5. The number of nitrogens with one attached hydrogen (secondary N) is 2. The molecule has 21 rings (SSSR count).